The zero-order chi connectivity index (χ0) is 42.9. The number of imidazole rings is 1. The molecule has 5 aromatic carbocycles. The number of hydrogen-bond donors (Lipinski definition) is 1. The number of fused-ring (bicyclic) bond motifs is 1. The summed E-state index contributed by atoms with van der Waals surface area (Å²) in [7, 11) is -0.454. The number of hydrogen-bond acceptors (Lipinski definition) is 13. The van der Waals surface area contributed by atoms with Crippen LogP contribution in [0.3, 0.4) is 0 Å². The van der Waals surface area contributed by atoms with Crippen LogP contribution in [-0.2, 0) is 19.9 Å². The number of aromatic nitrogens is 3. The predicted octanol–water partition coefficient (Wildman–Crippen LogP) is 6.61. The van der Waals surface area contributed by atoms with Gasteiger partial charge in [0.25, 0.3) is 10.0 Å². The molecule has 1 N–H and O–H groups in total. The van der Waals surface area contributed by atoms with Gasteiger partial charge in [0, 0.05) is 22.1 Å². The molecular weight excluding hydrogens is 815 g/mol. The van der Waals surface area contributed by atoms with Crippen LogP contribution >= 0.6 is 0 Å². The fraction of sp³-hybridized carbons (Fsp3) is 0.140. The molecule has 308 valence electrons. The first-order chi connectivity index (χ1) is 28.8. The van der Waals surface area contributed by atoms with Crippen LogP contribution in [0.2, 0.25) is 0 Å². The van der Waals surface area contributed by atoms with Crippen LogP contribution < -0.4 is 28.4 Å². The molecule has 0 unspecified atom stereocenters. The number of benzene rings is 5. The minimum absolute atomic E-state index is 0.0133. The number of nitrogens with one attached hydrogen (secondary N) is 1. The van der Waals surface area contributed by atoms with E-state index < -0.39 is 42.1 Å². The number of carbonyl (C=O) groups excluding carboxylic acids is 2. The monoisotopic (exact) mass is 851 g/mol. The molecule has 17 heteroatoms. The first kappa shape index (κ1) is 41.1. The average Bonchev–Trinajstić information content (AvgIpc) is 3.91. The molecule has 0 amide bonds. The first-order valence-corrected chi connectivity index (χ1v) is 20.8. The number of ether oxygens (including phenoxy) is 6. The van der Waals surface area contributed by atoms with E-state index in [0.717, 1.165) is 3.97 Å². The number of aromatic amines is 1. The number of rotatable bonds is 15. The van der Waals surface area contributed by atoms with E-state index in [1.165, 1.54) is 115 Å². The maximum atomic E-state index is 14.5. The summed E-state index contributed by atoms with van der Waals surface area (Å²) in [5.74, 6) is -0.425. The van der Waals surface area contributed by atoms with Crippen molar-refractivity contribution in [1.82, 2.24) is 13.9 Å². The highest BCUT2D eigenvalue weighted by Crippen LogP contribution is 2.41. The Balaban J connectivity index is 1.44. The number of sulfone groups is 1. The van der Waals surface area contributed by atoms with Gasteiger partial charge >= 0.3 is 0 Å². The van der Waals surface area contributed by atoms with Gasteiger partial charge in [0.1, 0.15) is 17.2 Å². The third kappa shape index (κ3) is 7.07. The topological polar surface area (TPSA) is 191 Å². The number of ketones is 2. The van der Waals surface area contributed by atoms with Gasteiger partial charge in [-0.2, -0.15) is 0 Å². The number of nitrogens with zero attached hydrogens (tertiary/aromatic N) is 2. The van der Waals surface area contributed by atoms with E-state index in [4.69, 9.17) is 28.4 Å². The molecule has 2 heterocycles. The summed E-state index contributed by atoms with van der Waals surface area (Å²) in [5, 5.41) is -0.228. The first-order valence-electron chi connectivity index (χ1n) is 17.9. The van der Waals surface area contributed by atoms with Crippen molar-refractivity contribution in [2.45, 2.75) is 14.8 Å². The molecule has 0 aliphatic carbocycles. The largest absolute Gasteiger partial charge is 0.493 e. The van der Waals surface area contributed by atoms with Gasteiger partial charge in [-0.25, -0.2) is 25.8 Å². The third-order valence-corrected chi connectivity index (χ3v) is 13.1. The predicted molar refractivity (Wildman–Crippen MR) is 220 cm³/mol. The van der Waals surface area contributed by atoms with Gasteiger partial charge in [0.05, 0.1) is 58.0 Å². The highest BCUT2D eigenvalue weighted by atomic mass is 32.2. The molecule has 0 radical (unpaired) electrons. The molecule has 15 nitrogen and oxygen atoms in total. The lowest BCUT2D eigenvalue weighted by molar-refractivity contribution is 0.102. The third-order valence-electron chi connectivity index (χ3n) is 9.61. The van der Waals surface area contributed by atoms with Gasteiger partial charge in [0.15, 0.2) is 28.0 Å². The Hall–Kier alpha value is -7.11. The highest BCUT2D eigenvalue weighted by molar-refractivity contribution is 7.91. The van der Waals surface area contributed by atoms with Crippen molar-refractivity contribution in [2.75, 3.05) is 42.7 Å². The summed E-state index contributed by atoms with van der Waals surface area (Å²) >= 11 is 0. The molecule has 0 fully saturated rings. The van der Waals surface area contributed by atoms with Gasteiger partial charge in [-0.05, 0) is 72.8 Å². The molecule has 0 aliphatic heterocycles. The molecule has 7 rings (SSSR count). The zero-order valence-electron chi connectivity index (χ0n) is 33.0. The zero-order valence-corrected chi connectivity index (χ0v) is 34.6. The van der Waals surface area contributed by atoms with Crippen molar-refractivity contribution in [3.63, 3.8) is 0 Å². The summed E-state index contributed by atoms with van der Waals surface area (Å²) in [6.45, 7) is 0. The molecule has 0 bridgehead atoms. The van der Waals surface area contributed by atoms with Crippen LogP contribution in [0.25, 0.3) is 22.3 Å². The fourth-order valence-corrected chi connectivity index (χ4v) is 9.63. The van der Waals surface area contributed by atoms with Crippen LogP contribution in [0.1, 0.15) is 32.1 Å². The Morgan fingerprint density at radius 3 is 1.53 bits per heavy atom. The molecule has 0 aliphatic rings. The SMILES string of the molecule is COc1cc(C(=O)c2nc(-c3ccc4c(c3)cc(C(=O)c3cc(OC)c(OC)c(OC)c3)n4S(=O)(=O)c3ccccc3)[nH]c2S(=O)(=O)c2ccccc2)cc(OC)c1OC. The Labute approximate surface area is 345 Å². The van der Waals surface area contributed by atoms with E-state index in [1.54, 1.807) is 36.4 Å². The van der Waals surface area contributed by atoms with Crippen LogP contribution in [0.4, 0.5) is 0 Å². The summed E-state index contributed by atoms with van der Waals surface area (Å²) in [5.41, 5.74) is -0.265. The van der Waals surface area contributed by atoms with Crippen LogP contribution in [0, 0.1) is 0 Å². The molecule has 0 atom stereocenters. The number of carbonyl (C=O) groups is 2. The molecule has 0 saturated carbocycles. The molecule has 0 saturated heterocycles. The van der Waals surface area contributed by atoms with Crippen LogP contribution in [0.5, 0.6) is 34.5 Å². The minimum Gasteiger partial charge on any atom is -0.493 e. The standard InChI is InChI=1S/C43H37N3O12S2/c1-53-33-21-27(22-34(54-2)40(33)57-5)38(47)32-20-26-19-25(17-18-31(26)46(32)60(51,52)30-15-11-8-12-16-30)42-44-37(43(45-42)59(49,50)29-13-9-7-10-14-29)39(48)28-23-35(55-3)41(58-6)36(24-28)56-4/h7-24H,1-6H3,(H,44,45). The van der Waals surface area contributed by atoms with E-state index >= 15 is 0 Å². The summed E-state index contributed by atoms with van der Waals surface area (Å²) in [6.07, 6.45) is 0. The van der Waals surface area contributed by atoms with E-state index in [0.29, 0.717) is 0 Å². The van der Waals surface area contributed by atoms with Crippen molar-refractivity contribution in [1.29, 1.82) is 0 Å². The summed E-state index contributed by atoms with van der Waals surface area (Å²) in [4.78, 5) is 36.0. The van der Waals surface area contributed by atoms with Gasteiger partial charge < -0.3 is 33.4 Å². The highest BCUT2D eigenvalue weighted by Gasteiger charge is 2.33. The minimum atomic E-state index is -4.41. The normalized spacial score (nSPS) is 11.6. The van der Waals surface area contributed by atoms with Crippen molar-refractivity contribution < 1.29 is 54.8 Å². The van der Waals surface area contributed by atoms with Gasteiger partial charge in [-0.15, -0.1) is 0 Å². The summed E-state index contributed by atoms with van der Waals surface area (Å²) < 4.78 is 90.8. The van der Waals surface area contributed by atoms with Crippen molar-refractivity contribution >= 4 is 42.3 Å². The Bertz CT molecular complexity index is 2970. The Morgan fingerprint density at radius 1 is 0.567 bits per heavy atom. The Kier molecular flexibility index (Phi) is 11.1. The molecule has 2 aromatic heterocycles. The maximum Gasteiger partial charge on any atom is 0.268 e. The van der Waals surface area contributed by atoms with Gasteiger partial charge in [-0.3, -0.25) is 9.59 Å². The van der Waals surface area contributed by atoms with Crippen molar-refractivity contribution in [2.24, 2.45) is 0 Å². The lowest BCUT2D eigenvalue weighted by atomic mass is 10.1. The van der Waals surface area contributed by atoms with Gasteiger partial charge in [0.2, 0.25) is 32.9 Å². The van der Waals surface area contributed by atoms with Gasteiger partial charge in [-0.1, -0.05) is 36.4 Å². The van der Waals surface area contributed by atoms with E-state index in [9.17, 15) is 26.4 Å². The average molecular weight is 852 g/mol. The fourth-order valence-electron chi connectivity index (χ4n) is 6.72. The number of methoxy groups -OCH3 is 6. The van der Waals surface area contributed by atoms with E-state index in [2.05, 4.69) is 9.97 Å². The smallest absolute Gasteiger partial charge is 0.268 e. The second kappa shape index (κ2) is 16.3. The molecular formula is C43H37N3O12S2. The molecule has 7 aromatic rings. The quantitative estimate of drug-likeness (QED) is 0.109. The van der Waals surface area contributed by atoms with Crippen molar-refractivity contribution in [3.8, 4) is 45.9 Å². The molecule has 60 heavy (non-hydrogen) atoms. The lowest BCUT2D eigenvalue weighted by Crippen LogP contribution is -2.19. The second-order valence-electron chi connectivity index (χ2n) is 13.0. The van der Waals surface area contributed by atoms with Crippen LogP contribution in [-0.4, -0.2) is 85.0 Å². The Morgan fingerprint density at radius 2 is 1.05 bits per heavy atom. The number of H-pyrrole nitrogens is 1. The second-order valence-corrected chi connectivity index (χ2v) is 16.6. The van der Waals surface area contributed by atoms with Crippen molar-refractivity contribution in [3.05, 3.63) is 132 Å². The lowest BCUT2D eigenvalue weighted by Gasteiger charge is -2.15. The summed E-state index contributed by atoms with van der Waals surface area (Å²) in [6, 6.07) is 26.6. The van der Waals surface area contributed by atoms with Crippen LogP contribution in [0.15, 0.2) is 124 Å². The van der Waals surface area contributed by atoms with E-state index in [-0.39, 0.29) is 83.4 Å². The van der Waals surface area contributed by atoms with E-state index in [1.807, 2.05) is 0 Å². The molecule has 0 spiro atoms. The maximum absolute atomic E-state index is 14.5.